The van der Waals surface area contributed by atoms with Crippen molar-refractivity contribution in [2.75, 3.05) is 5.32 Å². The molecule has 28 heavy (non-hydrogen) atoms. The Labute approximate surface area is 155 Å². The molecule has 1 amide bonds. The number of fused-ring (bicyclic) bond motifs is 1. The topological polar surface area (TPSA) is 85.3 Å². The lowest BCUT2D eigenvalue weighted by molar-refractivity contribution is -0.159. The molecule has 0 unspecified atom stereocenters. The monoisotopic (exact) mass is 387 g/mol. The van der Waals surface area contributed by atoms with Crippen molar-refractivity contribution in [3.8, 4) is 11.4 Å². The molecule has 0 saturated heterocycles. The van der Waals surface area contributed by atoms with E-state index >= 15 is 0 Å². The fourth-order valence-corrected chi connectivity index (χ4v) is 2.52. The zero-order valence-electron chi connectivity index (χ0n) is 14.4. The van der Waals surface area contributed by atoms with Crippen LogP contribution in [0.2, 0.25) is 0 Å². The van der Waals surface area contributed by atoms with Crippen LogP contribution in [0, 0.1) is 6.92 Å². The summed E-state index contributed by atoms with van der Waals surface area (Å²) in [6, 6.07) is 10.3. The van der Waals surface area contributed by atoms with Gasteiger partial charge in [-0.3, -0.25) is 4.79 Å². The number of amides is 1. The van der Waals surface area contributed by atoms with Crippen LogP contribution in [0.4, 0.5) is 18.9 Å². The number of pyridine rings is 1. The number of carbonyl (C=O) groups excluding carboxylic acids is 1. The number of nitrogens with zero attached hydrogens (tertiary/aromatic N) is 4. The van der Waals surface area contributed by atoms with Gasteiger partial charge in [-0.05, 0) is 31.2 Å². The summed E-state index contributed by atoms with van der Waals surface area (Å²) >= 11 is 0. The molecule has 0 aliphatic carbocycles. The Balaban J connectivity index is 1.60. The van der Waals surface area contributed by atoms with Crippen LogP contribution in [-0.2, 0) is 6.18 Å². The molecule has 0 radical (unpaired) electrons. The number of nitrogens with one attached hydrogen (secondary N) is 1. The molecular formula is C18H12F3N5O2. The van der Waals surface area contributed by atoms with Crippen molar-refractivity contribution in [1.29, 1.82) is 0 Å². The number of halogens is 3. The average molecular weight is 387 g/mol. The molecule has 142 valence electrons. The Morgan fingerprint density at radius 1 is 1.07 bits per heavy atom. The average Bonchev–Trinajstić information content (AvgIpc) is 3.29. The maximum absolute atomic E-state index is 12.6. The lowest BCUT2D eigenvalue weighted by Gasteiger charge is -2.02. The number of benzene rings is 1. The van der Waals surface area contributed by atoms with E-state index in [2.05, 4.69) is 25.0 Å². The SMILES string of the molecule is Cc1ccc(NC(=O)c2cn3cc(-c4noc(C(F)(F)F)n4)ccc3n2)cc1. The van der Waals surface area contributed by atoms with E-state index in [1.54, 1.807) is 18.2 Å². The van der Waals surface area contributed by atoms with Gasteiger partial charge in [0.05, 0.1) is 0 Å². The first-order valence-electron chi connectivity index (χ1n) is 8.08. The molecule has 4 aromatic rings. The van der Waals surface area contributed by atoms with Crippen molar-refractivity contribution < 1.29 is 22.5 Å². The molecule has 1 aromatic carbocycles. The van der Waals surface area contributed by atoms with Crippen LogP contribution in [0.5, 0.6) is 0 Å². The van der Waals surface area contributed by atoms with Crippen molar-refractivity contribution in [2.24, 2.45) is 0 Å². The second-order valence-electron chi connectivity index (χ2n) is 6.05. The van der Waals surface area contributed by atoms with Gasteiger partial charge in [-0.15, -0.1) is 0 Å². The molecule has 0 fully saturated rings. The van der Waals surface area contributed by atoms with Gasteiger partial charge in [0.25, 0.3) is 5.91 Å². The van der Waals surface area contributed by atoms with E-state index in [9.17, 15) is 18.0 Å². The fourth-order valence-electron chi connectivity index (χ4n) is 2.52. The predicted octanol–water partition coefficient (Wildman–Crippen LogP) is 3.96. The Hall–Kier alpha value is -3.69. The third kappa shape index (κ3) is 3.43. The summed E-state index contributed by atoms with van der Waals surface area (Å²) in [5, 5.41) is 6.08. The van der Waals surface area contributed by atoms with E-state index in [0.717, 1.165) is 5.56 Å². The number of hydrogen-bond donors (Lipinski definition) is 1. The maximum Gasteiger partial charge on any atom is 0.471 e. The van der Waals surface area contributed by atoms with Crippen molar-refractivity contribution >= 4 is 17.2 Å². The highest BCUT2D eigenvalue weighted by Gasteiger charge is 2.38. The third-order valence-electron chi connectivity index (χ3n) is 3.92. The van der Waals surface area contributed by atoms with Crippen LogP contribution in [0.15, 0.2) is 53.3 Å². The molecule has 0 bridgehead atoms. The van der Waals surface area contributed by atoms with Gasteiger partial charge in [0.15, 0.2) is 0 Å². The van der Waals surface area contributed by atoms with Crippen molar-refractivity contribution in [3.05, 3.63) is 65.9 Å². The molecule has 7 nitrogen and oxygen atoms in total. The van der Waals surface area contributed by atoms with Gasteiger partial charge in [-0.2, -0.15) is 18.2 Å². The normalized spacial score (nSPS) is 11.7. The molecule has 0 aliphatic rings. The number of alkyl halides is 3. The van der Waals surface area contributed by atoms with Gasteiger partial charge in [-0.1, -0.05) is 22.9 Å². The number of anilines is 1. The summed E-state index contributed by atoms with van der Waals surface area (Å²) in [7, 11) is 0. The minimum atomic E-state index is -4.72. The van der Waals surface area contributed by atoms with Crippen molar-refractivity contribution in [1.82, 2.24) is 19.5 Å². The van der Waals surface area contributed by atoms with Crippen LogP contribution in [0.1, 0.15) is 21.9 Å². The quantitative estimate of drug-likeness (QED) is 0.575. The fraction of sp³-hybridized carbons (Fsp3) is 0.111. The van der Waals surface area contributed by atoms with E-state index in [-0.39, 0.29) is 17.1 Å². The van der Waals surface area contributed by atoms with Crippen molar-refractivity contribution in [2.45, 2.75) is 13.1 Å². The molecule has 0 saturated carbocycles. The number of hydrogen-bond acceptors (Lipinski definition) is 5. The van der Waals surface area contributed by atoms with E-state index < -0.39 is 18.0 Å². The summed E-state index contributed by atoms with van der Waals surface area (Å²) < 4.78 is 43.6. The second-order valence-corrected chi connectivity index (χ2v) is 6.05. The minimum absolute atomic E-state index is 0.154. The number of aryl methyl sites for hydroxylation is 1. The molecule has 0 aliphatic heterocycles. The Kier molecular flexibility index (Phi) is 4.10. The molecule has 10 heteroatoms. The zero-order chi connectivity index (χ0) is 19.9. The highest BCUT2D eigenvalue weighted by Crippen LogP contribution is 2.29. The van der Waals surface area contributed by atoms with Gasteiger partial charge in [-0.25, -0.2) is 4.98 Å². The number of rotatable bonds is 3. The van der Waals surface area contributed by atoms with Crippen LogP contribution >= 0.6 is 0 Å². The van der Waals surface area contributed by atoms with E-state index in [0.29, 0.717) is 11.3 Å². The Bertz CT molecular complexity index is 1160. The van der Waals surface area contributed by atoms with Crippen LogP contribution in [0.3, 0.4) is 0 Å². The molecule has 3 heterocycles. The molecule has 0 spiro atoms. The first-order chi connectivity index (χ1) is 13.3. The summed E-state index contributed by atoms with van der Waals surface area (Å²) in [5.74, 6) is -2.05. The maximum atomic E-state index is 12.6. The van der Waals surface area contributed by atoms with Crippen LogP contribution < -0.4 is 5.32 Å². The minimum Gasteiger partial charge on any atom is -0.329 e. The zero-order valence-corrected chi connectivity index (χ0v) is 14.4. The molecular weight excluding hydrogens is 375 g/mol. The number of aromatic nitrogens is 4. The molecule has 4 rings (SSSR count). The van der Waals surface area contributed by atoms with Crippen LogP contribution in [-0.4, -0.2) is 25.4 Å². The van der Waals surface area contributed by atoms with Gasteiger partial charge in [0.2, 0.25) is 5.82 Å². The third-order valence-corrected chi connectivity index (χ3v) is 3.92. The lowest BCUT2D eigenvalue weighted by atomic mass is 10.2. The molecule has 3 aromatic heterocycles. The van der Waals surface area contributed by atoms with Gasteiger partial charge >= 0.3 is 12.1 Å². The van der Waals surface area contributed by atoms with Gasteiger partial charge in [0.1, 0.15) is 11.3 Å². The Morgan fingerprint density at radius 2 is 1.82 bits per heavy atom. The second kappa shape index (κ2) is 6.48. The predicted molar refractivity (Wildman–Crippen MR) is 92.6 cm³/mol. The Morgan fingerprint density at radius 3 is 2.50 bits per heavy atom. The van der Waals surface area contributed by atoms with Gasteiger partial charge in [0, 0.05) is 23.6 Å². The van der Waals surface area contributed by atoms with E-state index in [4.69, 9.17) is 0 Å². The summed E-state index contributed by atoms with van der Waals surface area (Å²) in [6.07, 6.45) is -1.78. The van der Waals surface area contributed by atoms with E-state index in [1.165, 1.54) is 22.9 Å². The first kappa shape index (κ1) is 17.7. The van der Waals surface area contributed by atoms with Gasteiger partial charge < -0.3 is 14.2 Å². The summed E-state index contributed by atoms with van der Waals surface area (Å²) in [4.78, 5) is 19.9. The number of imidazole rings is 1. The summed E-state index contributed by atoms with van der Waals surface area (Å²) in [5.41, 5.74) is 2.57. The molecule has 1 N–H and O–H groups in total. The standard InChI is InChI=1S/C18H12F3N5O2/c1-10-2-5-12(6-3-10)22-16(27)13-9-26-8-11(4-7-14(26)23-13)15-24-17(28-25-15)18(19,20)21/h2-9H,1H3,(H,22,27). The number of carbonyl (C=O) groups is 1. The van der Waals surface area contributed by atoms with Crippen LogP contribution in [0.25, 0.3) is 17.0 Å². The largest absolute Gasteiger partial charge is 0.471 e. The summed E-state index contributed by atoms with van der Waals surface area (Å²) in [6.45, 7) is 1.94. The smallest absolute Gasteiger partial charge is 0.329 e. The highest BCUT2D eigenvalue weighted by molar-refractivity contribution is 6.03. The highest BCUT2D eigenvalue weighted by atomic mass is 19.4. The first-order valence-corrected chi connectivity index (χ1v) is 8.08. The lowest BCUT2D eigenvalue weighted by Crippen LogP contribution is -2.12. The van der Waals surface area contributed by atoms with Crippen molar-refractivity contribution in [3.63, 3.8) is 0 Å². The molecule has 0 atom stereocenters. The van der Waals surface area contributed by atoms with E-state index in [1.807, 2.05) is 19.1 Å².